The summed E-state index contributed by atoms with van der Waals surface area (Å²) in [7, 11) is 0. The second-order valence-electron chi connectivity index (χ2n) is 6.65. The molecule has 1 fully saturated rings. The Kier molecular flexibility index (Phi) is 5.89. The number of hydrogen-bond donors (Lipinski definition) is 1. The van der Waals surface area contributed by atoms with Gasteiger partial charge in [-0.25, -0.2) is 4.98 Å². The first-order valence-corrected chi connectivity index (χ1v) is 9.66. The van der Waals surface area contributed by atoms with Gasteiger partial charge in [0.25, 0.3) is 5.91 Å². The number of hydrogen-bond acceptors (Lipinski definition) is 5. The van der Waals surface area contributed by atoms with Crippen LogP contribution in [0.3, 0.4) is 0 Å². The van der Waals surface area contributed by atoms with Gasteiger partial charge < -0.3 is 10.1 Å². The Bertz CT molecular complexity index is 798. The van der Waals surface area contributed by atoms with Gasteiger partial charge in [0.2, 0.25) is 0 Å². The van der Waals surface area contributed by atoms with Gasteiger partial charge in [0.1, 0.15) is 0 Å². The average molecular weight is 370 g/mol. The number of nitrogens with zero attached hydrogens (tertiary/aromatic N) is 1. The summed E-state index contributed by atoms with van der Waals surface area (Å²) in [5, 5.41) is 3.45. The molecular formula is C20H22N2O3S. The molecule has 1 aromatic carbocycles. The van der Waals surface area contributed by atoms with Crippen molar-refractivity contribution >= 4 is 33.4 Å². The molecule has 0 bridgehead atoms. The molecule has 1 aliphatic rings. The van der Waals surface area contributed by atoms with Crippen LogP contribution < -0.4 is 5.32 Å². The SMILES string of the molecule is C#CCNC(=O)COC(=O)C1(Cc2nc3ccccc3s2)CCCCC1. The van der Waals surface area contributed by atoms with E-state index in [2.05, 4.69) is 16.2 Å². The van der Waals surface area contributed by atoms with Crippen molar-refractivity contribution in [2.24, 2.45) is 5.41 Å². The zero-order chi connectivity index (χ0) is 18.4. The van der Waals surface area contributed by atoms with E-state index in [1.54, 1.807) is 11.3 Å². The molecule has 0 saturated heterocycles. The standard InChI is InChI=1S/C20H22N2O3S/c1-2-12-21-17(23)14-25-19(24)20(10-6-3-7-11-20)13-18-22-15-8-4-5-9-16(15)26-18/h1,4-5,8-9H,3,6-7,10-14H2,(H,21,23). The van der Waals surface area contributed by atoms with Crippen molar-refractivity contribution in [3.8, 4) is 12.3 Å². The number of fused-ring (bicyclic) bond motifs is 1. The Morgan fingerprint density at radius 1 is 1.27 bits per heavy atom. The molecule has 0 aliphatic heterocycles. The summed E-state index contributed by atoms with van der Waals surface area (Å²) < 4.78 is 6.47. The van der Waals surface area contributed by atoms with Crippen molar-refractivity contribution in [1.82, 2.24) is 10.3 Å². The molecule has 1 heterocycles. The Balaban J connectivity index is 1.72. The Morgan fingerprint density at radius 3 is 2.77 bits per heavy atom. The first kappa shape index (κ1) is 18.4. The molecule has 0 atom stereocenters. The van der Waals surface area contributed by atoms with Crippen LogP contribution in [0.1, 0.15) is 37.1 Å². The normalized spacial score (nSPS) is 16.0. The Labute approximate surface area is 157 Å². The van der Waals surface area contributed by atoms with Crippen LogP contribution in [0, 0.1) is 17.8 Å². The van der Waals surface area contributed by atoms with Gasteiger partial charge >= 0.3 is 5.97 Å². The number of thiazole rings is 1. The highest BCUT2D eigenvalue weighted by Gasteiger charge is 2.42. The zero-order valence-corrected chi connectivity index (χ0v) is 15.4. The van der Waals surface area contributed by atoms with Gasteiger partial charge in [-0.15, -0.1) is 17.8 Å². The largest absolute Gasteiger partial charge is 0.455 e. The van der Waals surface area contributed by atoms with Crippen molar-refractivity contribution in [1.29, 1.82) is 0 Å². The van der Waals surface area contributed by atoms with Gasteiger partial charge in [0, 0.05) is 6.42 Å². The van der Waals surface area contributed by atoms with E-state index >= 15 is 0 Å². The maximum Gasteiger partial charge on any atom is 0.313 e. The average Bonchev–Trinajstić information content (AvgIpc) is 3.07. The van der Waals surface area contributed by atoms with Gasteiger partial charge in [-0.05, 0) is 25.0 Å². The molecule has 5 nitrogen and oxygen atoms in total. The predicted molar refractivity (Wildman–Crippen MR) is 102 cm³/mol. The van der Waals surface area contributed by atoms with Crippen molar-refractivity contribution < 1.29 is 14.3 Å². The van der Waals surface area contributed by atoms with Crippen molar-refractivity contribution in [3.05, 3.63) is 29.3 Å². The summed E-state index contributed by atoms with van der Waals surface area (Å²) in [5.74, 6) is 1.65. The second kappa shape index (κ2) is 8.33. The molecule has 1 aliphatic carbocycles. The van der Waals surface area contributed by atoms with E-state index in [1.807, 2.05) is 24.3 Å². The molecule has 1 aromatic heterocycles. The summed E-state index contributed by atoms with van der Waals surface area (Å²) in [6.45, 7) is -0.157. The highest BCUT2D eigenvalue weighted by atomic mass is 32.1. The molecule has 1 saturated carbocycles. The molecule has 1 N–H and O–H groups in total. The molecular weight excluding hydrogens is 348 g/mol. The number of benzene rings is 1. The van der Waals surface area contributed by atoms with Crippen molar-refractivity contribution in [2.75, 3.05) is 13.2 Å². The van der Waals surface area contributed by atoms with Crippen LogP contribution in [0.2, 0.25) is 0 Å². The number of esters is 1. The van der Waals surface area contributed by atoms with Gasteiger partial charge in [-0.1, -0.05) is 37.3 Å². The molecule has 0 spiro atoms. The van der Waals surface area contributed by atoms with Crippen LogP contribution in [0.5, 0.6) is 0 Å². The van der Waals surface area contributed by atoms with E-state index in [1.165, 1.54) is 0 Å². The summed E-state index contributed by atoms with van der Waals surface area (Å²) >= 11 is 1.62. The van der Waals surface area contributed by atoms with Gasteiger partial charge in [-0.2, -0.15) is 0 Å². The number of terminal acetylenes is 1. The minimum Gasteiger partial charge on any atom is -0.455 e. The fourth-order valence-electron chi connectivity index (χ4n) is 3.45. The fourth-order valence-corrected chi connectivity index (χ4v) is 4.56. The topological polar surface area (TPSA) is 68.3 Å². The molecule has 26 heavy (non-hydrogen) atoms. The maximum absolute atomic E-state index is 12.9. The van der Waals surface area contributed by atoms with Crippen LogP contribution in [-0.2, 0) is 20.7 Å². The molecule has 0 unspecified atom stereocenters. The van der Waals surface area contributed by atoms with Crippen LogP contribution in [-0.4, -0.2) is 30.0 Å². The number of carbonyl (C=O) groups is 2. The number of ether oxygens (including phenoxy) is 1. The lowest BCUT2D eigenvalue weighted by atomic mass is 9.72. The van der Waals surface area contributed by atoms with Crippen molar-refractivity contribution in [2.45, 2.75) is 38.5 Å². The van der Waals surface area contributed by atoms with E-state index in [0.29, 0.717) is 6.42 Å². The highest BCUT2D eigenvalue weighted by Crippen LogP contribution is 2.41. The summed E-state index contributed by atoms with van der Waals surface area (Å²) in [4.78, 5) is 29.2. The number of nitrogens with one attached hydrogen (secondary N) is 1. The van der Waals surface area contributed by atoms with E-state index in [4.69, 9.17) is 11.2 Å². The van der Waals surface area contributed by atoms with Gasteiger partial charge in [0.15, 0.2) is 6.61 Å². The first-order chi connectivity index (χ1) is 12.6. The Hall–Kier alpha value is -2.39. The fraction of sp³-hybridized carbons (Fsp3) is 0.450. The third kappa shape index (κ3) is 4.23. The lowest BCUT2D eigenvalue weighted by Gasteiger charge is -2.34. The second-order valence-corrected chi connectivity index (χ2v) is 7.77. The van der Waals surface area contributed by atoms with Gasteiger partial charge in [0.05, 0.1) is 27.2 Å². The zero-order valence-electron chi connectivity index (χ0n) is 14.6. The van der Waals surface area contributed by atoms with Gasteiger partial charge in [-0.3, -0.25) is 9.59 Å². The summed E-state index contributed by atoms with van der Waals surface area (Å²) in [6, 6.07) is 7.98. The van der Waals surface area contributed by atoms with E-state index in [0.717, 1.165) is 47.3 Å². The number of rotatable bonds is 6. The number of aromatic nitrogens is 1. The summed E-state index contributed by atoms with van der Waals surface area (Å²) in [6.07, 6.45) is 10.3. The number of para-hydroxylation sites is 1. The van der Waals surface area contributed by atoms with E-state index in [-0.39, 0.29) is 25.0 Å². The van der Waals surface area contributed by atoms with Crippen LogP contribution in [0.25, 0.3) is 10.2 Å². The summed E-state index contributed by atoms with van der Waals surface area (Å²) in [5.41, 5.74) is 0.374. The first-order valence-electron chi connectivity index (χ1n) is 8.85. The van der Waals surface area contributed by atoms with Crippen LogP contribution >= 0.6 is 11.3 Å². The molecule has 0 radical (unpaired) electrons. The number of amides is 1. The molecule has 136 valence electrons. The Morgan fingerprint density at radius 2 is 2.04 bits per heavy atom. The lowest BCUT2D eigenvalue weighted by molar-refractivity contribution is -0.161. The van der Waals surface area contributed by atoms with Crippen molar-refractivity contribution in [3.63, 3.8) is 0 Å². The molecule has 2 aromatic rings. The van der Waals surface area contributed by atoms with E-state index < -0.39 is 5.41 Å². The quantitative estimate of drug-likeness (QED) is 0.627. The monoisotopic (exact) mass is 370 g/mol. The van der Waals surface area contributed by atoms with Crippen LogP contribution in [0.4, 0.5) is 0 Å². The minimum absolute atomic E-state index is 0.132. The molecule has 3 rings (SSSR count). The van der Waals surface area contributed by atoms with Crippen LogP contribution in [0.15, 0.2) is 24.3 Å². The lowest BCUT2D eigenvalue weighted by Crippen LogP contribution is -2.39. The highest BCUT2D eigenvalue weighted by molar-refractivity contribution is 7.18. The molecule has 6 heteroatoms. The third-order valence-electron chi connectivity index (χ3n) is 4.79. The smallest absolute Gasteiger partial charge is 0.313 e. The minimum atomic E-state index is -0.585. The number of carbonyl (C=O) groups excluding carboxylic acids is 2. The third-order valence-corrected chi connectivity index (χ3v) is 5.83. The predicted octanol–water partition coefficient (Wildman–Crippen LogP) is 3.08. The van der Waals surface area contributed by atoms with E-state index in [9.17, 15) is 9.59 Å². The maximum atomic E-state index is 12.9. The molecule has 1 amide bonds.